The molecule has 0 saturated heterocycles. The Hall–Kier alpha value is -2.54. The summed E-state index contributed by atoms with van der Waals surface area (Å²) >= 11 is 0. The molecule has 2 aromatic rings. The monoisotopic (exact) mass is 346 g/mol. The highest BCUT2D eigenvalue weighted by atomic mass is 32.2. The number of aryl methyl sites for hydroxylation is 1. The molecule has 1 aliphatic heterocycles. The van der Waals surface area contributed by atoms with Gasteiger partial charge in [-0.2, -0.15) is 0 Å². The first-order chi connectivity index (χ1) is 11.4. The van der Waals surface area contributed by atoms with Crippen molar-refractivity contribution < 1.29 is 17.9 Å². The van der Waals surface area contributed by atoms with Gasteiger partial charge in [-0.1, -0.05) is 12.1 Å². The van der Waals surface area contributed by atoms with Crippen LogP contribution in [0.2, 0.25) is 0 Å². The molecule has 0 unspecified atom stereocenters. The maximum Gasteiger partial charge on any atom is 0.261 e. The van der Waals surface area contributed by atoms with E-state index < -0.39 is 10.0 Å². The Morgan fingerprint density at radius 1 is 1.17 bits per heavy atom. The van der Waals surface area contributed by atoms with Gasteiger partial charge in [-0.15, -0.1) is 0 Å². The summed E-state index contributed by atoms with van der Waals surface area (Å²) in [5, 5.41) is 2.66. The lowest BCUT2D eigenvalue weighted by Gasteiger charge is -2.14. The highest BCUT2D eigenvalue weighted by molar-refractivity contribution is 7.92. The molecule has 2 aromatic carbocycles. The zero-order chi connectivity index (χ0) is 17.3. The molecule has 0 bridgehead atoms. The minimum atomic E-state index is -3.77. The summed E-state index contributed by atoms with van der Waals surface area (Å²) in [4.78, 5) is 11.7. The topological polar surface area (TPSA) is 84.5 Å². The number of amides is 1. The molecule has 0 spiro atoms. The van der Waals surface area contributed by atoms with Crippen LogP contribution in [0.5, 0.6) is 5.75 Å². The van der Waals surface area contributed by atoms with Crippen LogP contribution in [-0.2, 0) is 14.8 Å². The molecule has 2 N–H and O–H groups in total. The van der Waals surface area contributed by atoms with Crippen LogP contribution < -0.4 is 14.8 Å². The smallest absolute Gasteiger partial charge is 0.261 e. The number of hydrogen-bond donors (Lipinski definition) is 2. The zero-order valence-electron chi connectivity index (χ0n) is 13.4. The Bertz CT molecular complexity index is 907. The van der Waals surface area contributed by atoms with Crippen molar-refractivity contribution in [3.63, 3.8) is 0 Å². The summed E-state index contributed by atoms with van der Waals surface area (Å²) in [5.74, 6) is 0.261. The quantitative estimate of drug-likeness (QED) is 0.895. The van der Waals surface area contributed by atoms with Crippen LogP contribution >= 0.6 is 0 Å². The molecular weight excluding hydrogens is 328 g/mol. The number of fused-ring (bicyclic) bond motifs is 1. The number of carbonyl (C=O) groups excluding carboxylic acids is 1. The number of sulfonamides is 1. The molecule has 0 fully saturated rings. The second-order valence-corrected chi connectivity index (χ2v) is 7.34. The predicted molar refractivity (Wildman–Crippen MR) is 91.9 cm³/mol. The van der Waals surface area contributed by atoms with E-state index in [2.05, 4.69) is 10.0 Å². The molecule has 0 radical (unpaired) electrons. The molecule has 1 aliphatic rings. The molecule has 3 rings (SSSR count). The van der Waals surface area contributed by atoms with Crippen LogP contribution in [0.4, 0.5) is 11.4 Å². The van der Waals surface area contributed by atoms with E-state index in [0.29, 0.717) is 17.1 Å². The van der Waals surface area contributed by atoms with Gasteiger partial charge in [0.2, 0.25) is 5.91 Å². The molecule has 0 saturated carbocycles. The lowest BCUT2D eigenvalue weighted by atomic mass is 10.1. The van der Waals surface area contributed by atoms with E-state index in [9.17, 15) is 13.2 Å². The average Bonchev–Trinajstić information content (AvgIpc) is 2.71. The third-order valence-electron chi connectivity index (χ3n) is 3.97. The van der Waals surface area contributed by atoms with E-state index in [-0.39, 0.29) is 23.8 Å². The van der Waals surface area contributed by atoms with Gasteiger partial charge in [-0.25, -0.2) is 8.42 Å². The van der Waals surface area contributed by atoms with Crippen LogP contribution in [-0.4, -0.2) is 20.9 Å². The number of ether oxygens (including phenoxy) is 1. The Morgan fingerprint density at radius 2 is 1.96 bits per heavy atom. The summed E-state index contributed by atoms with van der Waals surface area (Å²) in [5.41, 5.74) is 2.76. The average molecular weight is 346 g/mol. The Balaban J connectivity index is 1.95. The molecule has 24 heavy (non-hydrogen) atoms. The molecule has 0 aliphatic carbocycles. The van der Waals surface area contributed by atoms with E-state index in [1.165, 1.54) is 12.1 Å². The SMILES string of the molecule is Cc1cccc(NS(=O)(=O)c2ccc3c(c2)NC(=O)CCO3)c1C. The van der Waals surface area contributed by atoms with E-state index in [4.69, 9.17) is 4.74 Å². The van der Waals surface area contributed by atoms with Gasteiger partial charge in [0.1, 0.15) is 5.75 Å². The molecule has 0 aromatic heterocycles. The minimum Gasteiger partial charge on any atom is -0.491 e. The lowest BCUT2D eigenvalue weighted by Crippen LogP contribution is -2.15. The number of nitrogens with one attached hydrogen (secondary N) is 2. The van der Waals surface area contributed by atoms with Gasteiger partial charge in [-0.3, -0.25) is 9.52 Å². The van der Waals surface area contributed by atoms with Gasteiger partial charge in [0.15, 0.2) is 0 Å². The van der Waals surface area contributed by atoms with Crippen LogP contribution in [0.15, 0.2) is 41.3 Å². The second-order valence-electron chi connectivity index (χ2n) is 5.66. The molecule has 1 amide bonds. The first-order valence-electron chi connectivity index (χ1n) is 7.52. The van der Waals surface area contributed by atoms with E-state index in [0.717, 1.165) is 11.1 Å². The van der Waals surface area contributed by atoms with Gasteiger partial charge in [0.25, 0.3) is 10.0 Å². The number of anilines is 2. The number of benzene rings is 2. The first kappa shape index (κ1) is 16.3. The second kappa shape index (κ2) is 6.16. The van der Waals surface area contributed by atoms with Crippen LogP contribution in [0, 0.1) is 13.8 Å². The fourth-order valence-corrected chi connectivity index (χ4v) is 3.58. The van der Waals surface area contributed by atoms with Crippen molar-refractivity contribution in [2.75, 3.05) is 16.6 Å². The van der Waals surface area contributed by atoms with Gasteiger partial charge >= 0.3 is 0 Å². The summed E-state index contributed by atoms with van der Waals surface area (Å²) in [6.45, 7) is 4.05. The normalized spacial score (nSPS) is 14.2. The molecule has 126 valence electrons. The zero-order valence-corrected chi connectivity index (χ0v) is 14.2. The summed E-state index contributed by atoms with van der Waals surface area (Å²) in [7, 11) is -3.77. The van der Waals surface area contributed by atoms with Crippen LogP contribution in [0.1, 0.15) is 17.5 Å². The number of rotatable bonds is 3. The maximum atomic E-state index is 12.7. The maximum absolute atomic E-state index is 12.7. The molecule has 1 heterocycles. The highest BCUT2D eigenvalue weighted by Crippen LogP contribution is 2.31. The van der Waals surface area contributed by atoms with E-state index in [1.807, 2.05) is 19.9 Å². The summed E-state index contributed by atoms with van der Waals surface area (Å²) in [6, 6.07) is 9.86. The summed E-state index contributed by atoms with van der Waals surface area (Å²) in [6.07, 6.45) is 0.234. The van der Waals surface area contributed by atoms with Crippen molar-refractivity contribution in [2.24, 2.45) is 0 Å². The van der Waals surface area contributed by atoms with E-state index in [1.54, 1.807) is 18.2 Å². The standard InChI is InChI=1S/C17H18N2O4S/c1-11-4-3-5-14(12(11)2)19-24(21,22)13-6-7-16-15(10-13)18-17(20)8-9-23-16/h3-7,10,19H,8-9H2,1-2H3,(H,18,20). The highest BCUT2D eigenvalue weighted by Gasteiger charge is 2.20. The molecule has 7 heteroatoms. The lowest BCUT2D eigenvalue weighted by molar-refractivity contribution is -0.116. The first-order valence-corrected chi connectivity index (χ1v) is 9.01. The Kier molecular flexibility index (Phi) is 4.19. The fourth-order valence-electron chi connectivity index (χ4n) is 2.43. The molecular formula is C17H18N2O4S. The summed E-state index contributed by atoms with van der Waals surface area (Å²) < 4.78 is 33.3. The van der Waals surface area contributed by atoms with Crippen molar-refractivity contribution in [3.05, 3.63) is 47.5 Å². The fraction of sp³-hybridized carbons (Fsp3) is 0.235. The number of carbonyl (C=O) groups is 1. The number of hydrogen-bond acceptors (Lipinski definition) is 4. The molecule has 6 nitrogen and oxygen atoms in total. The Morgan fingerprint density at radius 3 is 2.75 bits per heavy atom. The largest absolute Gasteiger partial charge is 0.491 e. The Labute approximate surface area is 140 Å². The third kappa shape index (κ3) is 3.21. The molecule has 0 atom stereocenters. The predicted octanol–water partition coefficient (Wildman–Crippen LogP) is 2.83. The van der Waals surface area contributed by atoms with Gasteiger partial charge < -0.3 is 10.1 Å². The van der Waals surface area contributed by atoms with Crippen LogP contribution in [0.25, 0.3) is 0 Å². The van der Waals surface area contributed by atoms with E-state index >= 15 is 0 Å². The van der Waals surface area contributed by atoms with Gasteiger partial charge in [0.05, 0.1) is 29.3 Å². The van der Waals surface area contributed by atoms with Crippen LogP contribution in [0.3, 0.4) is 0 Å². The van der Waals surface area contributed by atoms with Crippen molar-refractivity contribution in [1.82, 2.24) is 0 Å². The minimum absolute atomic E-state index is 0.0629. The van der Waals surface area contributed by atoms with Crippen molar-refractivity contribution in [1.29, 1.82) is 0 Å². The van der Waals surface area contributed by atoms with Crippen molar-refractivity contribution in [3.8, 4) is 5.75 Å². The van der Waals surface area contributed by atoms with Crippen molar-refractivity contribution >= 4 is 27.3 Å². The van der Waals surface area contributed by atoms with Gasteiger partial charge in [0, 0.05) is 0 Å². The third-order valence-corrected chi connectivity index (χ3v) is 5.33. The van der Waals surface area contributed by atoms with Crippen molar-refractivity contribution in [2.45, 2.75) is 25.2 Å². The van der Waals surface area contributed by atoms with Gasteiger partial charge in [-0.05, 0) is 49.2 Å².